The van der Waals surface area contributed by atoms with E-state index in [1.165, 1.54) is 6.07 Å². The molecule has 1 N–H and O–H groups in total. The lowest BCUT2D eigenvalue weighted by Crippen LogP contribution is -2.10. The number of hydrogen-bond donors (Lipinski definition) is 1. The minimum Gasteiger partial charge on any atom is -0.506 e. The van der Waals surface area contributed by atoms with Crippen LogP contribution < -0.4 is 0 Å². The number of hydrogen-bond acceptors (Lipinski definition) is 2. The van der Waals surface area contributed by atoms with Crippen molar-refractivity contribution in [3.63, 3.8) is 0 Å². The van der Waals surface area contributed by atoms with Crippen LogP contribution >= 0.6 is 11.6 Å². The van der Waals surface area contributed by atoms with Crippen LogP contribution in [0.15, 0.2) is 12.1 Å². The molecular formula is C12H15ClO2. The number of aromatic hydroxyl groups is 1. The number of halogens is 1. The van der Waals surface area contributed by atoms with Crippen LogP contribution in [-0.4, -0.2) is 10.9 Å². The molecule has 3 heteroatoms. The van der Waals surface area contributed by atoms with Gasteiger partial charge in [-0.15, -0.1) is 0 Å². The molecule has 1 aromatic carbocycles. The Labute approximate surface area is 94.9 Å². The van der Waals surface area contributed by atoms with Crippen molar-refractivity contribution in [2.24, 2.45) is 5.92 Å². The molecule has 0 aromatic heterocycles. The average Bonchev–Trinajstić information content (AvgIpc) is 2.23. The van der Waals surface area contributed by atoms with Crippen LogP contribution in [0.5, 0.6) is 5.75 Å². The highest BCUT2D eigenvalue weighted by atomic mass is 35.5. The predicted octanol–water partition coefficient (Wildman–Crippen LogP) is 3.58. The maximum absolute atomic E-state index is 11.9. The van der Waals surface area contributed by atoms with Gasteiger partial charge in [-0.3, -0.25) is 4.79 Å². The molecule has 0 saturated carbocycles. The minimum absolute atomic E-state index is 0.00925. The summed E-state index contributed by atoms with van der Waals surface area (Å²) in [5, 5.41) is 9.70. The van der Waals surface area contributed by atoms with Crippen LogP contribution in [0.1, 0.15) is 36.2 Å². The van der Waals surface area contributed by atoms with Gasteiger partial charge in [0.1, 0.15) is 5.75 Å². The molecule has 1 atom stereocenters. The molecule has 2 nitrogen and oxygen atoms in total. The van der Waals surface area contributed by atoms with E-state index in [0.29, 0.717) is 11.1 Å². The van der Waals surface area contributed by atoms with Gasteiger partial charge in [0, 0.05) is 11.5 Å². The van der Waals surface area contributed by atoms with Crippen LogP contribution in [0.3, 0.4) is 0 Å². The first kappa shape index (κ1) is 12.1. The van der Waals surface area contributed by atoms with Crippen molar-refractivity contribution in [1.29, 1.82) is 0 Å². The molecule has 0 amide bonds. The Bertz CT molecular complexity index is 362. The topological polar surface area (TPSA) is 37.3 Å². The zero-order chi connectivity index (χ0) is 11.6. The van der Waals surface area contributed by atoms with E-state index in [9.17, 15) is 9.90 Å². The third kappa shape index (κ3) is 2.51. The number of rotatable bonds is 3. The third-order valence-electron chi connectivity index (χ3n) is 2.60. The summed E-state index contributed by atoms with van der Waals surface area (Å²) < 4.78 is 0. The zero-order valence-corrected chi connectivity index (χ0v) is 9.93. The highest BCUT2D eigenvalue weighted by Gasteiger charge is 2.15. The molecule has 1 aromatic rings. The Balaban J connectivity index is 3.12. The predicted molar refractivity (Wildman–Crippen MR) is 61.6 cm³/mol. The van der Waals surface area contributed by atoms with Crippen molar-refractivity contribution in [1.82, 2.24) is 0 Å². The smallest absolute Gasteiger partial charge is 0.165 e. The number of benzene rings is 1. The van der Waals surface area contributed by atoms with Gasteiger partial charge in [-0.05, 0) is 31.0 Å². The van der Waals surface area contributed by atoms with Crippen molar-refractivity contribution in [3.8, 4) is 5.75 Å². The Hall–Kier alpha value is -1.02. The van der Waals surface area contributed by atoms with E-state index >= 15 is 0 Å². The number of carbonyl (C=O) groups is 1. The normalized spacial score (nSPS) is 12.5. The molecule has 15 heavy (non-hydrogen) atoms. The summed E-state index contributed by atoms with van der Waals surface area (Å²) in [5.41, 5.74) is 1.21. The second-order valence-corrected chi connectivity index (χ2v) is 4.20. The fraction of sp³-hybridized carbons (Fsp3) is 0.417. The summed E-state index contributed by atoms with van der Waals surface area (Å²) in [5.74, 6) is 0.116. The molecular weight excluding hydrogens is 212 g/mol. The third-order valence-corrected chi connectivity index (χ3v) is 2.89. The standard InChI is InChI=1S/C12H15ClO2/c1-4-7(2)11(14)9-5-8(3)12(15)10(13)6-9/h5-7,15H,4H2,1-3H3. The van der Waals surface area contributed by atoms with E-state index in [1.807, 2.05) is 13.8 Å². The van der Waals surface area contributed by atoms with Crippen molar-refractivity contribution in [2.75, 3.05) is 0 Å². The van der Waals surface area contributed by atoms with Gasteiger partial charge in [0.2, 0.25) is 0 Å². The molecule has 0 aliphatic carbocycles. The van der Waals surface area contributed by atoms with E-state index < -0.39 is 0 Å². The summed E-state index contributed by atoms with van der Waals surface area (Å²) in [6, 6.07) is 3.20. The van der Waals surface area contributed by atoms with Gasteiger partial charge in [-0.25, -0.2) is 0 Å². The van der Waals surface area contributed by atoms with E-state index in [2.05, 4.69) is 0 Å². The first-order chi connectivity index (χ1) is 6.97. The van der Waals surface area contributed by atoms with Gasteiger partial charge in [0.25, 0.3) is 0 Å². The molecule has 82 valence electrons. The van der Waals surface area contributed by atoms with Crippen LogP contribution in [-0.2, 0) is 0 Å². The lowest BCUT2D eigenvalue weighted by atomic mass is 9.96. The number of Topliss-reactive ketones (excluding diaryl/α,β-unsaturated/α-hetero) is 1. The van der Waals surface area contributed by atoms with Gasteiger partial charge < -0.3 is 5.11 Å². The summed E-state index contributed by atoms with van der Waals surface area (Å²) in [4.78, 5) is 11.9. The summed E-state index contributed by atoms with van der Waals surface area (Å²) in [7, 11) is 0. The summed E-state index contributed by atoms with van der Waals surface area (Å²) in [6.45, 7) is 5.59. The number of carbonyl (C=O) groups excluding carboxylic acids is 1. The second-order valence-electron chi connectivity index (χ2n) is 3.80. The number of aryl methyl sites for hydroxylation is 1. The van der Waals surface area contributed by atoms with Crippen molar-refractivity contribution >= 4 is 17.4 Å². The van der Waals surface area contributed by atoms with Gasteiger partial charge in [0.15, 0.2) is 5.78 Å². The average molecular weight is 227 g/mol. The maximum Gasteiger partial charge on any atom is 0.165 e. The molecule has 0 fully saturated rings. The number of phenols is 1. The Morgan fingerprint density at radius 2 is 2.13 bits per heavy atom. The Morgan fingerprint density at radius 1 is 1.53 bits per heavy atom. The molecule has 0 spiro atoms. The molecule has 1 rings (SSSR count). The first-order valence-electron chi connectivity index (χ1n) is 5.00. The van der Waals surface area contributed by atoms with E-state index in [4.69, 9.17) is 11.6 Å². The second kappa shape index (κ2) is 4.67. The fourth-order valence-corrected chi connectivity index (χ4v) is 1.62. The summed E-state index contributed by atoms with van der Waals surface area (Å²) in [6.07, 6.45) is 0.802. The molecule has 0 aliphatic rings. The highest BCUT2D eigenvalue weighted by Crippen LogP contribution is 2.29. The Morgan fingerprint density at radius 3 is 2.60 bits per heavy atom. The molecule has 0 radical (unpaired) electrons. The lowest BCUT2D eigenvalue weighted by Gasteiger charge is -2.09. The van der Waals surface area contributed by atoms with E-state index in [1.54, 1.807) is 13.0 Å². The lowest BCUT2D eigenvalue weighted by molar-refractivity contribution is 0.0927. The molecule has 0 aliphatic heterocycles. The van der Waals surface area contributed by atoms with Crippen molar-refractivity contribution in [3.05, 3.63) is 28.3 Å². The van der Waals surface area contributed by atoms with Crippen molar-refractivity contribution < 1.29 is 9.90 Å². The fourth-order valence-electron chi connectivity index (χ4n) is 1.35. The van der Waals surface area contributed by atoms with Gasteiger partial charge in [-0.1, -0.05) is 25.4 Å². The van der Waals surface area contributed by atoms with Gasteiger partial charge in [0.05, 0.1) is 5.02 Å². The highest BCUT2D eigenvalue weighted by molar-refractivity contribution is 6.32. The van der Waals surface area contributed by atoms with Crippen LogP contribution in [0, 0.1) is 12.8 Å². The van der Waals surface area contributed by atoms with Crippen LogP contribution in [0.25, 0.3) is 0 Å². The van der Waals surface area contributed by atoms with E-state index in [-0.39, 0.29) is 22.5 Å². The molecule has 1 unspecified atom stereocenters. The summed E-state index contributed by atoms with van der Waals surface area (Å²) >= 11 is 5.81. The number of phenolic OH excluding ortho intramolecular Hbond substituents is 1. The molecule has 0 heterocycles. The van der Waals surface area contributed by atoms with Gasteiger partial charge >= 0.3 is 0 Å². The zero-order valence-electron chi connectivity index (χ0n) is 9.17. The van der Waals surface area contributed by atoms with Gasteiger partial charge in [-0.2, -0.15) is 0 Å². The molecule has 0 bridgehead atoms. The SMILES string of the molecule is CCC(C)C(=O)c1cc(C)c(O)c(Cl)c1. The first-order valence-corrected chi connectivity index (χ1v) is 5.38. The van der Waals surface area contributed by atoms with Crippen LogP contribution in [0.2, 0.25) is 5.02 Å². The largest absolute Gasteiger partial charge is 0.506 e. The van der Waals surface area contributed by atoms with E-state index in [0.717, 1.165) is 6.42 Å². The maximum atomic E-state index is 11.9. The minimum atomic E-state index is -0.00925. The Kier molecular flexibility index (Phi) is 3.75. The van der Waals surface area contributed by atoms with Crippen LogP contribution in [0.4, 0.5) is 0 Å². The quantitative estimate of drug-likeness (QED) is 0.800. The monoisotopic (exact) mass is 226 g/mol. The van der Waals surface area contributed by atoms with Crippen molar-refractivity contribution in [2.45, 2.75) is 27.2 Å². The molecule has 0 saturated heterocycles. The number of ketones is 1.